The lowest BCUT2D eigenvalue weighted by Crippen LogP contribution is -2.64. The largest absolute Gasteiger partial charge is 0.334 e. The number of para-hydroxylation sites is 1. The van der Waals surface area contributed by atoms with Gasteiger partial charge in [0.1, 0.15) is 6.17 Å². The average Bonchev–Trinajstić information content (AvgIpc) is 2.57. The van der Waals surface area contributed by atoms with Gasteiger partial charge in [-0.3, -0.25) is 9.78 Å². The molecule has 3 rings (SSSR count). The number of benzene rings is 1. The molecule has 0 aliphatic carbocycles. The van der Waals surface area contributed by atoms with E-state index in [2.05, 4.69) is 15.6 Å². The van der Waals surface area contributed by atoms with Gasteiger partial charge in [-0.15, -0.1) is 11.6 Å². The molecule has 1 aromatic heterocycles. The van der Waals surface area contributed by atoms with E-state index in [1.165, 1.54) is 0 Å². The van der Waals surface area contributed by atoms with E-state index in [-0.39, 0.29) is 6.42 Å². The van der Waals surface area contributed by atoms with Gasteiger partial charge in [-0.2, -0.15) is 0 Å². The summed E-state index contributed by atoms with van der Waals surface area (Å²) in [6, 6.07) is 8.90. The zero-order valence-electron chi connectivity index (χ0n) is 12.4. The third-order valence-electron chi connectivity index (χ3n) is 4.21. The fourth-order valence-electron chi connectivity index (χ4n) is 2.81. The lowest BCUT2D eigenvalue weighted by Gasteiger charge is -2.38. The predicted molar refractivity (Wildman–Crippen MR) is 88.2 cm³/mol. The van der Waals surface area contributed by atoms with Gasteiger partial charge in [-0.25, -0.2) is 4.39 Å². The minimum absolute atomic E-state index is 0.149. The Kier molecular flexibility index (Phi) is 4.48. The van der Waals surface area contributed by atoms with Crippen LogP contribution in [-0.2, 0) is 0 Å². The number of alkyl halides is 2. The summed E-state index contributed by atoms with van der Waals surface area (Å²) in [5.41, 5.74) is 4.99. The zero-order valence-corrected chi connectivity index (χ0v) is 13.2. The number of halogens is 2. The molecule has 3 unspecified atom stereocenters. The summed E-state index contributed by atoms with van der Waals surface area (Å²) in [5, 5.41) is 5.58. The number of nitrogens with two attached hydrogens (primary N) is 1. The maximum Gasteiger partial charge on any atom is 0.254 e. The lowest BCUT2D eigenvalue weighted by molar-refractivity contribution is 0.0624. The van der Waals surface area contributed by atoms with Gasteiger partial charge in [0.25, 0.3) is 5.91 Å². The van der Waals surface area contributed by atoms with Crippen molar-refractivity contribution in [2.24, 2.45) is 5.73 Å². The number of aromatic nitrogens is 1. The molecule has 0 radical (unpaired) electrons. The number of amides is 1. The summed E-state index contributed by atoms with van der Waals surface area (Å²) < 4.78 is 15.0. The summed E-state index contributed by atoms with van der Waals surface area (Å²) in [5.74, 6) is -0.457. The molecule has 2 heterocycles. The summed E-state index contributed by atoms with van der Waals surface area (Å²) in [6.45, 7) is 0.788. The molecule has 1 fully saturated rings. The Bertz CT molecular complexity index is 723. The van der Waals surface area contributed by atoms with Gasteiger partial charge in [0.2, 0.25) is 0 Å². The number of pyridine rings is 1. The number of nitrogens with one attached hydrogen (secondary N) is 2. The molecule has 2 aromatic rings. The van der Waals surface area contributed by atoms with Gasteiger partial charge in [-0.1, -0.05) is 18.2 Å². The summed E-state index contributed by atoms with van der Waals surface area (Å²) in [6.07, 6.45) is 0.576. The highest BCUT2D eigenvalue weighted by Crippen LogP contribution is 2.30. The van der Waals surface area contributed by atoms with Crippen LogP contribution in [-0.4, -0.2) is 41.2 Å². The van der Waals surface area contributed by atoms with E-state index in [1.807, 2.05) is 12.1 Å². The summed E-state index contributed by atoms with van der Waals surface area (Å²) in [7, 11) is 0. The Morgan fingerprint density at radius 2 is 2.26 bits per heavy atom. The van der Waals surface area contributed by atoms with Crippen LogP contribution in [0.1, 0.15) is 16.8 Å². The van der Waals surface area contributed by atoms with Crippen molar-refractivity contribution in [3.05, 3.63) is 42.1 Å². The molecule has 7 heteroatoms. The number of carbonyl (C=O) groups is 1. The van der Waals surface area contributed by atoms with Crippen LogP contribution in [0.15, 0.2) is 36.5 Å². The molecule has 1 aromatic carbocycles. The molecular formula is C16H18ClFN4O. The van der Waals surface area contributed by atoms with E-state index in [9.17, 15) is 4.79 Å². The van der Waals surface area contributed by atoms with Crippen LogP contribution in [0.25, 0.3) is 10.9 Å². The second-order valence-corrected chi connectivity index (χ2v) is 6.21. The van der Waals surface area contributed by atoms with Crippen molar-refractivity contribution >= 4 is 28.4 Å². The Morgan fingerprint density at radius 1 is 1.48 bits per heavy atom. The first-order valence-electron chi connectivity index (χ1n) is 7.46. The second kappa shape index (κ2) is 6.39. The Balaban J connectivity index is 1.83. The number of fused-ring (bicyclic) bond motifs is 1. The number of nitrogens with zero attached hydrogens (tertiary/aromatic N) is 1. The minimum Gasteiger partial charge on any atom is -0.334 e. The summed E-state index contributed by atoms with van der Waals surface area (Å²) >= 11 is 6.06. The molecule has 1 aliphatic rings. The van der Waals surface area contributed by atoms with Crippen LogP contribution in [0.3, 0.4) is 0 Å². The molecule has 3 atom stereocenters. The summed E-state index contributed by atoms with van der Waals surface area (Å²) in [4.78, 5) is 16.7. The highest BCUT2D eigenvalue weighted by atomic mass is 35.5. The normalized spacial score (nSPS) is 26.0. The maximum absolute atomic E-state index is 15.0. The van der Waals surface area contributed by atoms with Crippen LogP contribution < -0.4 is 16.4 Å². The Labute approximate surface area is 138 Å². The van der Waals surface area contributed by atoms with E-state index in [4.69, 9.17) is 17.3 Å². The SMILES string of the molecule is NC(NC(=O)c1cccc2cccnc12)C1(F)CCNCC1Cl. The van der Waals surface area contributed by atoms with Crippen molar-refractivity contribution in [3.8, 4) is 0 Å². The van der Waals surface area contributed by atoms with Crippen molar-refractivity contribution in [2.75, 3.05) is 13.1 Å². The van der Waals surface area contributed by atoms with Crippen molar-refractivity contribution < 1.29 is 9.18 Å². The zero-order chi connectivity index (χ0) is 16.4. The second-order valence-electron chi connectivity index (χ2n) is 5.68. The van der Waals surface area contributed by atoms with Gasteiger partial charge in [0.15, 0.2) is 5.67 Å². The number of rotatable bonds is 3. The third kappa shape index (κ3) is 3.02. The van der Waals surface area contributed by atoms with Crippen LogP contribution >= 0.6 is 11.6 Å². The van der Waals surface area contributed by atoms with E-state index >= 15 is 4.39 Å². The molecule has 122 valence electrons. The molecule has 0 saturated carbocycles. The van der Waals surface area contributed by atoms with Crippen molar-refractivity contribution in [1.29, 1.82) is 0 Å². The number of piperidine rings is 1. The lowest BCUT2D eigenvalue weighted by atomic mass is 9.90. The van der Waals surface area contributed by atoms with Crippen molar-refractivity contribution in [2.45, 2.75) is 23.6 Å². The maximum atomic E-state index is 15.0. The Hall–Kier alpha value is -1.76. The van der Waals surface area contributed by atoms with Crippen LogP contribution in [0, 0.1) is 0 Å². The highest BCUT2D eigenvalue weighted by Gasteiger charge is 2.46. The predicted octanol–water partition coefficient (Wildman–Crippen LogP) is 1.56. The highest BCUT2D eigenvalue weighted by molar-refractivity contribution is 6.21. The quantitative estimate of drug-likeness (QED) is 0.587. The molecule has 23 heavy (non-hydrogen) atoms. The van der Waals surface area contributed by atoms with Gasteiger partial charge in [0.05, 0.1) is 16.5 Å². The topological polar surface area (TPSA) is 80.0 Å². The van der Waals surface area contributed by atoms with Crippen molar-refractivity contribution in [1.82, 2.24) is 15.6 Å². The van der Waals surface area contributed by atoms with E-state index in [1.54, 1.807) is 24.4 Å². The number of carbonyl (C=O) groups excluding carboxylic acids is 1. The molecule has 1 amide bonds. The van der Waals surface area contributed by atoms with Crippen molar-refractivity contribution in [3.63, 3.8) is 0 Å². The molecule has 0 spiro atoms. The fraction of sp³-hybridized carbons (Fsp3) is 0.375. The molecule has 0 bridgehead atoms. The third-order valence-corrected chi connectivity index (χ3v) is 4.73. The van der Waals surface area contributed by atoms with E-state index < -0.39 is 23.1 Å². The minimum atomic E-state index is -1.85. The first-order chi connectivity index (χ1) is 11.0. The number of hydrogen-bond donors (Lipinski definition) is 3. The monoisotopic (exact) mass is 336 g/mol. The van der Waals surface area contributed by atoms with Crippen LogP contribution in [0.2, 0.25) is 0 Å². The smallest absolute Gasteiger partial charge is 0.254 e. The molecular weight excluding hydrogens is 319 g/mol. The van der Waals surface area contributed by atoms with E-state index in [0.29, 0.717) is 24.2 Å². The fourth-order valence-corrected chi connectivity index (χ4v) is 3.17. The van der Waals surface area contributed by atoms with Gasteiger partial charge < -0.3 is 16.4 Å². The van der Waals surface area contributed by atoms with Crippen LogP contribution in [0.5, 0.6) is 0 Å². The first kappa shape index (κ1) is 16.1. The van der Waals surface area contributed by atoms with Gasteiger partial charge in [0, 0.05) is 18.1 Å². The molecule has 5 nitrogen and oxygen atoms in total. The van der Waals surface area contributed by atoms with E-state index in [0.717, 1.165) is 5.39 Å². The molecule has 1 saturated heterocycles. The molecule has 1 aliphatic heterocycles. The standard InChI is InChI=1S/C16H18ClFN4O/c17-12-9-20-8-6-16(12,18)15(19)22-14(23)11-5-1-3-10-4-2-7-21-13(10)11/h1-5,7,12,15,20H,6,8-9,19H2,(H,22,23). The van der Waals surface area contributed by atoms with Gasteiger partial charge >= 0.3 is 0 Å². The molecule has 4 N–H and O–H groups in total. The van der Waals surface area contributed by atoms with Gasteiger partial charge in [-0.05, 0) is 25.1 Å². The van der Waals surface area contributed by atoms with Crippen LogP contribution in [0.4, 0.5) is 4.39 Å². The number of hydrogen-bond acceptors (Lipinski definition) is 4. The Morgan fingerprint density at radius 3 is 3.04 bits per heavy atom. The first-order valence-corrected chi connectivity index (χ1v) is 7.90. The average molecular weight is 337 g/mol.